The number of pyridine rings is 3. The number of furan rings is 1. The van der Waals surface area contributed by atoms with Crippen LogP contribution in [-0.4, -0.2) is 29.9 Å². The summed E-state index contributed by atoms with van der Waals surface area (Å²) in [6, 6.07) is 42.5. The van der Waals surface area contributed by atoms with Crippen molar-refractivity contribution in [3.63, 3.8) is 0 Å². The molecule has 0 atom stereocenters. The topological polar surface area (TPSA) is 90.5 Å². The molecule has 7 nitrogen and oxygen atoms in total. The third-order valence-electron chi connectivity index (χ3n) is 8.30. The molecule has 0 radical (unpaired) electrons. The summed E-state index contributed by atoms with van der Waals surface area (Å²) in [5.41, 5.74) is 8.76. The van der Waals surface area contributed by atoms with Gasteiger partial charge in [0, 0.05) is 39.9 Å². The zero-order chi connectivity index (χ0) is 31.2. The lowest BCUT2D eigenvalue weighted by Crippen LogP contribution is -2.00. The highest BCUT2D eigenvalue weighted by molar-refractivity contribution is 6.11. The molecule has 0 spiro atoms. The largest absolute Gasteiger partial charge is 0.454 e. The maximum atomic E-state index is 6.10. The molecule has 0 saturated carbocycles. The second-order valence-electron chi connectivity index (χ2n) is 11.2. The Labute approximate surface area is 269 Å². The number of fused-ring (bicyclic) bond motifs is 4. The summed E-state index contributed by atoms with van der Waals surface area (Å²) in [5, 5.41) is 2.93. The Morgan fingerprint density at radius 1 is 0.468 bits per heavy atom. The molecule has 9 rings (SSSR count). The van der Waals surface area contributed by atoms with Gasteiger partial charge in [0.2, 0.25) is 0 Å². The van der Waals surface area contributed by atoms with Gasteiger partial charge in [0.05, 0.1) is 22.8 Å². The van der Waals surface area contributed by atoms with Crippen molar-refractivity contribution in [3.8, 4) is 56.7 Å². The summed E-state index contributed by atoms with van der Waals surface area (Å²) in [5.74, 6) is 1.88. The van der Waals surface area contributed by atoms with E-state index in [9.17, 15) is 0 Å². The molecule has 7 heteroatoms. The summed E-state index contributed by atoms with van der Waals surface area (Å²) in [7, 11) is 0. The molecule has 0 fully saturated rings. The van der Waals surface area contributed by atoms with Gasteiger partial charge in [0.1, 0.15) is 11.3 Å². The Bertz CT molecular complexity index is 2510. The number of rotatable bonds is 5. The molecule has 0 aliphatic heterocycles. The zero-order valence-corrected chi connectivity index (χ0v) is 24.9. The molecule has 5 aromatic heterocycles. The van der Waals surface area contributed by atoms with Crippen LogP contribution in [0, 0.1) is 0 Å². The number of hydrogen-bond acceptors (Lipinski definition) is 7. The van der Waals surface area contributed by atoms with E-state index < -0.39 is 0 Å². The van der Waals surface area contributed by atoms with Gasteiger partial charge in [0.15, 0.2) is 23.1 Å². The van der Waals surface area contributed by atoms with Crippen LogP contribution >= 0.6 is 0 Å². The van der Waals surface area contributed by atoms with Gasteiger partial charge in [-0.2, -0.15) is 0 Å². The molecule has 4 aromatic carbocycles. The van der Waals surface area contributed by atoms with E-state index in [0.717, 1.165) is 72.0 Å². The second-order valence-corrected chi connectivity index (χ2v) is 11.2. The third kappa shape index (κ3) is 4.78. The molecule has 9 aromatic rings. The molecule has 0 saturated heterocycles. The van der Waals surface area contributed by atoms with Gasteiger partial charge in [-0.25, -0.2) is 19.9 Å². The average Bonchev–Trinajstić information content (AvgIpc) is 3.54. The van der Waals surface area contributed by atoms with Crippen LogP contribution in [-0.2, 0) is 0 Å². The van der Waals surface area contributed by atoms with Crippen LogP contribution in [0.2, 0.25) is 0 Å². The number of hydrogen-bond donors (Lipinski definition) is 0. The van der Waals surface area contributed by atoms with Gasteiger partial charge in [-0.05, 0) is 35.4 Å². The lowest BCUT2D eigenvalue weighted by Gasteiger charge is -2.12. The van der Waals surface area contributed by atoms with Crippen LogP contribution < -0.4 is 0 Å². The molecule has 0 aliphatic carbocycles. The van der Waals surface area contributed by atoms with E-state index in [4.69, 9.17) is 29.3 Å². The first kappa shape index (κ1) is 26.8. The maximum absolute atomic E-state index is 6.10. The van der Waals surface area contributed by atoms with Crippen LogP contribution in [0.1, 0.15) is 0 Å². The fraction of sp³-hybridized carbons (Fsp3) is 0. The van der Waals surface area contributed by atoms with Gasteiger partial charge in [-0.1, -0.05) is 103 Å². The van der Waals surface area contributed by atoms with Crippen molar-refractivity contribution in [2.45, 2.75) is 0 Å². The fourth-order valence-electron chi connectivity index (χ4n) is 6.04. The Balaban J connectivity index is 1.18. The third-order valence-corrected chi connectivity index (χ3v) is 8.30. The minimum Gasteiger partial charge on any atom is -0.454 e. The quantitative estimate of drug-likeness (QED) is 0.193. The monoisotopic (exact) mass is 604 g/mol. The maximum Gasteiger partial charge on any atom is 0.164 e. The summed E-state index contributed by atoms with van der Waals surface area (Å²) in [4.78, 5) is 28.7. The van der Waals surface area contributed by atoms with E-state index in [1.54, 1.807) is 18.6 Å². The number of nitrogens with zero attached hydrogens (tertiary/aromatic N) is 6. The predicted octanol–water partition coefficient (Wildman–Crippen LogP) is 9.44. The Kier molecular flexibility index (Phi) is 6.31. The van der Waals surface area contributed by atoms with Gasteiger partial charge in [-0.15, -0.1) is 0 Å². The molecule has 5 heterocycles. The first-order valence-corrected chi connectivity index (χ1v) is 15.3. The molecular weight excluding hydrogens is 580 g/mol. The highest BCUT2D eigenvalue weighted by Crippen LogP contribution is 2.38. The highest BCUT2D eigenvalue weighted by Gasteiger charge is 2.18. The molecule has 0 amide bonds. The minimum atomic E-state index is 0.613. The number of benzene rings is 4. The molecule has 47 heavy (non-hydrogen) atoms. The van der Waals surface area contributed by atoms with Gasteiger partial charge in [-0.3, -0.25) is 9.97 Å². The van der Waals surface area contributed by atoms with Crippen molar-refractivity contribution in [1.82, 2.24) is 29.9 Å². The van der Waals surface area contributed by atoms with Crippen molar-refractivity contribution in [2.24, 2.45) is 0 Å². The van der Waals surface area contributed by atoms with E-state index in [-0.39, 0.29) is 0 Å². The molecule has 0 unspecified atom stereocenters. The Hall–Kier alpha value is -6.60. The number of aromatic nitrogens is 6. The predicted molar refractivity (Wildman–Crippen MR) is 185 cm³/mol. The molecular formula is C40H24N6O. The average molecular weight is 605 g/mol. The fourth-order valence-corrected chi connectivity index (χ4v) is 6.04. The Morgan fingerprint density at radius 2 is 1.09 bits per heavy atom. The smallest absolute Gasteiger partial charge is 0.164 e. The zero-order valence-electron chi connectivity index (χ0n) is 24.9. The van der Waals surface area contributed by atoms with Crippen molar-refractivity contribution >= 4 is 32.8 Å². The van der Waals surface area contributed by atoms with Crippen molar-refractivity contribution in [1.29, 1.82) is 0 Å². The van der Waals surface area contributed by atoms with E-state index >= 15 is 0 Å². The summed E-state index contributed by atoms with van der Waals surface area (Å²) in [6.45, 7) is 0. The summed E-state index contributed by atoms with van der Waals surface area (Å²) in [6.07, 6.45) is 5.27. The van der Waals surface area contributed by atoms with Crippen LogP contribution in [0.15, 0.2) is 150 Å². The van der Waals surface area contributed by atoms with Crippen molar-refractivity contribution in [2.75, 3.05) is 0 Å². The first-order chi connectivity index (χ1) is 23.3. The van der Waals surface area contributed by atoms with E-state index in [2.05, 4.69) is 41.4 Å². The number of para-hydroxylation sites is 1. The normalized spacial score (nSPS) is 11.4. The molecule has 0 aliphatic rings. The SMILES string of the molecule is c1ccc(-c2nc(-c3ccccc3)nc(-c3ccc(-c4cc(-c5nccc6oc7cnccc7c56)nc5ccccc45)cc3)n2)cc1. The summed E-state index contributed by atoms with van der Waals surface area (Å²) >= 11 is 0. The summed E-state index contributed by atoms with van der Waals surface area (Å²) < 4.78 is 6.10. The van der Waals surface area contributed by atoms with Crippen LogP contribution in [0.25, 0.3) is 89.5 Å². The minimum absolute atomic E-state index is 0.613. The molecule has 0 N–H and O–H groups in total. The highest BCUT2D eigenvalue weighted by atomic mass is 16.3. The van der Waals surface area contributed by atoms with Gasteiger partial charge >= 0.3 is 0 Å². The van der Waals surface area contributed by atoms with Crippen LogP contribution in [0.4, 0.5) is 0 Å². The standard InChI is InChI=1S/C40H24N6O/c1-3-9-26(10-4-1)38-44-39(27-11-5-2-6-12-27)46-40(45-38)28-17-15-25(16-18-28)31-23-33(43-32-14-8-7-13-29(31)32)37-36-30-19-21-41-24-35(30)47-34(36)20-22-42-37/h1-24H. The van der Waals surface area contributed by atoms with Crippen molar-refractivity contribution < 1.29 is 4.42 Å². The van der Waals surface area contributed by atoms with Crippen LogP contribution in [0.5, 0.6) is 0 Å². The second kappa shape index (κ2) is 11.1. The van der Waals surface area contributed by atoms with E-state index in [1.165, 1.54) is 0 Å². The first-order valence-electron chi connectivity index (χ1n) is 15.3. The lowest BCUT2D eigenvalue weighted by atomic mass is 9.97. The van der Waals surface area contributed by atoms with Crippen LogP contribution in [0.3, 0.4) is 0 Å². The van der Waals surface area contributed by atoms with Crippen molar-refractivity contribution in [3.05, 3.63) is 146 Å². The lowest BCUT2D eigenvalue weighted by molar-refractivity contribution is 0.666. The van der Waals surface area contributed by atoms with E-state index in [0.29, 0.717) is 17.5 Å². The Morgan fingerprint density at radius 3 is 1.79 bits per heavy atom. The van der Waals surface area contributed by atoms with Gasteiger partial charge < -0.3 is 4.42 Å². The van der Waals surface area contributed by atoms with Gasteiger partial charge in [0.25, 0.3) is 0 Å². The van der Waals surface area contributed by atoms with E-state index in [1.807, 2.05) is 91.0 Å². The molecule has 220 valence electrons. The molecule has 0 bridgehead atoms.